The first-order chi connectivity index (χ1) is 12.9. The summed E-state index contributed by atoms with van der Waals surface area (Å²) in [4.78, 5) is 28.6. The fourth-order valence-corrected chi connectivity index (χ4v) is 3.31. The molecule has 0 fully saturated rings. The lowest BCUT2D eigenvalue weighted by Gasteiger charge is -2.15. The van der Waals surface area contributed by atoms with E-state index in [0.717, 1.165) is 16.9 Å². The lowest BCUT2D eigenvalue weighted by Crippen LogP contribution is -2.37. The van der Waals surface area contributed by atoms with Crippen molar-refractivity contribution in [3.05, 3.63) is 87.4 Å². The fraction of sp³-hybridized carbons (Fsp3) is 0.105. The van der Waals surface area contributed by atoms with Crippen molar-refractivity contribution < 1.29 is 18.4 Å². The first kappa shape index (κ1) is 18.7. The predicted molar refractivity (Wildman–Crippen MR) is 97.1 cm³/mol. The molecule has 138 valence electrons. The molecule has 5 nitrogen and oxygen atoms in total. The molecule has 8 heteroatoms. The predicted octanol–water partition coefficient (Wildman–Crippen LogP) is 2.97. The Morgan fingerprint density at radius 3 is 2.22 bits per heavy atom. The molecule has 1 aromatic heterocycles. The van der Waals surface area contributed by atoms with Gasteiger partial charge in [0.05, 0.1) is 11.2 Å². The third kappa shape index (κ3) is 4.73. The van der Waals surface area contributed by atoms with Gasteiger partial charge in [0, 0.05) is 6.42 Å². The Balaban J connectivity index is 1.71. The van der Waals surface area contributed by atoms with Crippen molar-refractivity contribution in [2.24, 2.45) is 5.73 Å². The van der Waals surface area contributed by atoms with Crippen LogP contribution in [0.3, 0.4) is 0 Å². The molecular weight excluding hydrogens is 372 g/mol. The van der Waals surface area contributed by atoms with Gasteiger partial charge in [-0.1, -0.05) is 24.3 Å². The van der Waals surface area contributed by atoms with Crippen LogP contribution in [0.25, 0.3) is 0 Å². The normalized spacial score (nSPS) is 11.8. The summed E-state index contributed by atoms with van der Waals surface area (Å²) in [5.74, 6) is -2.05. The average Bonchev–Trinajstić information content (AvgIpc) is 3.11. The minimum atomic E-state index is -1.08. The number of halogens is 2. The van der Waals surface area contributed by atoms with Gasteiger partial charge in [0.25, 0.3) is 5.91 Å². The number of thiazole rings is 1. The van der Waals surface area contributed by atoms with Crippen molar-refractivity contribution in [1.82, 2.24) is 10.3 Å². The van der Waals surface area contributed by atoms with Gasteiger partial charge in [-0.15, -0.1) is 11.3 Å². The maximum atomic E-state index is 13.1. The summed E-state index contributed by atoms with van der Waals surface area (Å²) in [6.45, 7) is 0. The molecule has 1 heterocycles. The average molecular weight is 387 g/mol. The zero-order chi connectivity index (χ0) is 19.4. The van der Waals surface area contributed by atoms with Crippen molar-refractivity contribution in [2.75, 3.05) is 0 Å². The number of nitrogens with two attached hydrogens (primary N) is 1. The summed E-state index contributed by atoms with van der Waals surface area (Å²) in [7, 11) is 0. The summed E-state index contributed by atoms with van der Waals surface area (Å²) in [6, 6.07) is 10.1. The standard InChI is InChI=1S/C19H15F2N3O2S/c20-13-5-1-11(2-6-13)9-16-23-10-15(27-16)19(26)24-17(18(22)25)12-3-7-14(21)8-4-12/h1-8,10,17H,9H2,(H2,22,25)(H,24,26). The van der Waals surface area contributed by atoms with E-state index in [2.05, 4.69) is 10.3 Å². The van der Waals surface area contributed by atoms with Gasteiger partial charge in [-0.2, -0.15) is 0 Å². The number of amides is 2. The van der Waals surface area contributed by atoms with Crippen LogP contribution in [0.15, 0.2) is 54.7 Å². The van der Waals surface area contributed by atoms with E-state index < -0.39 is 23.7 Å². The Bertz CT molecular complexity index is 956. The van der Waals surface area contributed by atoms with Gasteiger partial charge in [0.2, 0.25) is 5.91 Å². The molecule has 2 amide bonds. The van der Waals surface area contributed by atoms with Gasteiger partial charge in [0.1, 0.15) is 22.6 Å². The third-order valence-corrected chi connectivity index (χ3v) is 4.81. The van der Waals surface area contributed by atoms with E-state index >= 15 is 0 Å². The topological polar surface area (TPSA) is 85.1 Å². The number of nitrogens with one attached hydrogen (secondary N) is 1. The van der Waals surface area contributed by atoms with Crippen LogP contribution in [0.5, 0.6) is 0 Å². The van der Waals surface area contributed by atoms with Crippen LogP contribution < -0.4 is 11.1 Å². The molecule has 27 heavy (non-hydrogen) atoms. The van der Waals surface area contributed by atoms with E-state index in [1.807, 2.05) is 0 Å². The molecule has 0 aliphatic carbocycles. The molecule has 0 saturated heterocycles. The number of carbonyl (C=O) groups is 2. The molecule has 3 rings (SSSR count). The van der Waals surface area contributed by atoms with Gasteiger partial charge < -0.3 is 11.1 Å². The Kier molecular flexibility index (Phi) is 5.56. The fourth-order valence-electron chi connectivity index (χ4n) is 2.45. The molecule has 0 aliphatic heterocycles. The van der Waals surface area contributed by atoms with E-state index in [-0.39, 0.29) is 5.82 Å². The van der Waals surface area contributed by atoms with E-state index in [0.29, 0.717) is 21.9 Å². The molecule has 1 atom stereocenters. The monoisotopic (exact) mass is 387 g/mol. The lowest BCUT2D eigenvalue weighted by atomic mass is 10.1. The first-order valence-electron chi connectivity index (χ1n) is 7.97. The molecule has 0 bridgehead atoms. The first-order valence-corrected chi connectivity index (χ1v) is 8.79. The second kappa shape index (κ2) is 8.05. The molecule has 2 aromatic carbocycles. The Morgan fingerprint density at radius 1 is 1.04 bits per heavy atom. The summed E-state index contributed by atoms with van der Waals surface area (Å²) in [5, 5.41) is 3.21. The number of hydrogen-bond donors (Lipinski definition) is 2. The minimum Gasteiger partial charge on any atom is -0.368 e. The zero-order valence-corrected chi connectivity index (χ0v) is 14.8. The van der Waals surface area contributed by atoms with Crippen LogP contribution in [-0.2, 0) is 11.2 Å². The molecule has 0 aliphatic rings. The Hall–Kier alpha value is -3.13. The van der Waals surface area contributed by atoms with Crippen LogP contribution in [-0.4, -0.2) is 16.8 Å². The highest BCUT2D eigenvalue weighted by atomic mass is 32.1. The van der Waals surface area contributed by atoms with Crippen molar-refractivity contribution >= 4 is 23.2 Å². The van der Waals surface area contributed by atoms with Crippen molar-refractivity contribution in [1.29, 1.82) is 0 Å². The number of nitrogens with zero attached hydrogens (tertiary/aromatic N) is 1. The molecule has 0 saturated carbocycles. The number of benzene rings is 2. The van der Waals surface area contributed by atoms with Crippen molar-refractivity contribution in [3.63, 3.8) is 0 Å². The Labute approximate surface area is 157 Å². The van der Waals surface area contributed by atoms with Crippen LogP contribution in [0, 0.1) is 11.6 Å². The van der Waals surface area contributed by atoms with E-state index in [1.165, 1.54) is 42.6 Å². The highest BCUT2D eigenvalue weighted by Gasteiger charge is 2.22. The largest absolute Gasteiger partial charge is 0.368 e. The smallest absolute Gasteiger partial charge is 0.263 e. The summed E-state index contributed by atoms with van der Waals surface area (Å²) in [6.07, 6.45) is 1.86. The second-order valence-corrected chi connectivity index (χ2v) is 6.90. The van der Waals surface area contributed by atoms with Gasteiger partial charge in [-0.25, -0.2) is 13.8 Å². The Morgan fingerprint density at radius 2 is 1.63 bits per heavy atom. The molecular formula is C19H15F2N3O2S. The van der Waals surface area contributed by atoms with E-state index in [9.17, 15) is 18.4 Å². The van der Waals surface area contributed by atoms with E-state index in [4.69, 9.17) is 5.73 Å². The van der Waals surface area contributed by atoms with E-state index in [1.54, 1.807) is 12.1 Å². The molecule has 0 spiro atoms. The number of hydrogen-bond acceptors (Lipinski definition) is 4. The third-order valence-electron chi connectivity index (χ3n) is 3.81. The SMILES string of the molecule is NC(=O)C(NC(=O)c1cnc(Cc2ccc(F)cc2)s1)c1ccc(F)cc1. The summed E-state index contributed by atoms with van der Waals surface area (Å²) >= 11 is 1.16. The molecule has 0 radical (unpaired) electrons. The highest BCUT2D eigenvalue weighted by Crippen LogP contribution is 2.19. The summed E-state index contributed by atoms with van der Waals surface area (Å²) < 4.78 is 26.0. The zero-order valence-electron chi connectivity index (χ0n) is 14.0. The highest BCUT2D eigenvalue weighted by molar-refractivity contribution is 7.13. The quantitative estimate of drug-likeness (QED) is 0.682. The van der Waals surface area contributed by atoms with Gasteiger partial charge in [0.15, 0.2) is 0 Å². The van der Waals surface area contributed by atoms with Gasteiger partial charge in [-0.3, -0.25) is 9.59 Å². The van der Waals surface area contributed by atoms with Crippen molar-refractivity contribution in [2.45, 2.75) is 12.5 Å². The maximum absolute atomic E-state index is 13.1. The van der Waals surface area contributed by atoms with Gasteiger partial charge in [-0.05, 0) is 35.4 Å². The molecule has 1 unspecified atom stereocenters. The number of aromatic nitrogens is 1. The van der Waals surface area contributed by atoms with Crippen LogP contribution >= 0.6 is 11.3 Å². The maximum Gasteiger partial charge on any atom is 0.263 e. The van der Waals surface area contributed by atoms with Gasteiger partial charge >= 0.3 is 0 Å². The van der Waals surface area contributed by atoms with Crippen molar-refractivity contribution in [3.8, 4) is 0 Å². The number of carbonyl (C=O) groups excluding carboxylic acids is 2. The minimum absolute atomic E-state index is 0.306. The van der Waals surface area contributed by atoms with Crippen LogP contribution in [0.2, 0.25) is 0 Å². The van der Waals surface area contributed by atoms with Crippen LogP contribution in [0.4, 0.5) is 8.78 Å². The number of primary amides is 1. The molecule has 3 N–H and O–H groups in total. The van der Waals surface area contributed by atoms with Crippen LogP contribution in [0.1, 0.15) is 31.8 Å². The number of rotatable bonds is 6. The second-order valence-electron chi connectivity index (χ2n) is 5.78. The lowest BCUT2D eigenvalue weighted by molar-refractivity contribution is -0.120. The summed E-state index contributed by atoms with van der Waals surface area (Å²) in [5.41, 5.74) is 6.61. The molecule has 3 aromatic rings.